The van der Waals surface area contributed by atoms with Crippen LogP contribution in [-0.4, -0.2) is 23.1 Å². The van der Waals surface area contributed by atoms with Crippen molar-refractivity contribution in [2.24, 2.45) is 5.92 Å². The normalized spacial score (nSPS) is 13.8. The number of carbonyl (C=O) groups is 2. The van der Waals surface area contributed by atoms with Gasteiger partial charge in [-0.3, -0.25) is 9.59 Å². The average molecular weight is 272 g/mol. The summed E-state index contributed by atoms with van der Waals surface area (Å²) in [7, 11) is 0. The molecule has 0 fully saturated rings. The van der Waals surface area contributed by atoms with E-state index >= 15 is 0 Å². The summed E-state index contributed by atoms with van der Waals surface area (Å²) in [6, 6.07) is 0. The van der Waals surface area contributed by atoms with Crippen LogP contribution in [-0.2, 0) is 14.3 Å². The second-order valence-corrected chi connectivity index (χ2v) is 5.41. The van der Waals surface area contributed by atoms with Crippen molar-refractivity contribution in [3.63, 3.8) is 0 Å². The van der Waals surface area contributed by atoms with E-state index in [-0.39, 0.29) is 6.10 Å². The first-order chi connectivity index (χ1) is 8.95. The molecule has 0 aromatic heterocycles. The Kier molecular flexibility index (Phi) is 10.2. The van der Waals surface area contributed by atoms with E-state index in [2.05, 4.69) is 13.8 Å². The summed E-state index contributed by atoms with van der Waals surface area (Å²) >= 11 is 0. The number of aliphatic carboxylic acids is 1. The van der Waals surface area contributed by atoms with Crippen LogP contribution in [0.2, 0.25) is 0 Å². The molecule has 0 saturated heterocycles. The van der Waals surface area contributed by atoms with Crippen molar-refractivity contribution in [1.82, 2.24) is 0 Å². The molecule has 0 aromatic carbocycles. The number of carboxylic acid groups (broad SMARTS) is 1. The van der Waals surface area contributed by atoms with Crippen molar-refractivity contribution >= 4 is 11.9 Å². The molecule has 0 heterocycles. The molecule has 4 nitrogen and oxygen atoms in total. The van der Waals surface area contributed by atoms with Gasteiger partial charge >= 0.3 is 11.9 Å². The summed E-state index contributed by atoms with van der Waals surface area (Å²) in [4.78, 5) is 21.5. The highest BCUT2D eigenvalue weighted by atomic mass is 16.5. The molecule has 0 aliphatic heterocycles. The van der Waals surface area contributed by atoms with Crippen molar-refractivity contribution in [2.75, 3.05) is 0 Å². The molecule has 0 rings (SSSR count). The zero-order chi connectivity index (χ0) is 14.7. The fourth-order valence-electron chi connectivity index (χ4n) is 2.22. The van der Waals surface area contributed by atoms with Crippen molar-refractivity contribution in [1.29, 1.82) is 0 Å². The Hall–Kier alpha value is -1.06. The molecule has 4 heteroatoms. The monoisotopic (exact) mass is 272 g/mol. The number of esters is 1. The number of ether oxygens (including phenoxy) is 1. The SMILES string of the molecule is CCCCCCCC(C)CC(C)OC(=O)CC(=O)O. The van der Waals surface area contributed by atoms with Gasteiger partial charge in [-0.15, -0.1) is 0 Å². The van der Waals surface area contributed by atoms with Gasteiger partial charge in [0.2, 0.25) is 0 Å². The molecule has 0 aromatic rings. The Balaban J connectivity index is 3.65. The van der Waals surface area contributed by atoms with Crippen LogP contribution in [0.3, 0.4) is 0 Å². The third kappa shape index (κ3) is 11.7. The van der Waals surface area contributed by atoms with Gasteiger partial charge in [0.15, 0.2) is 0 Å². The Morgan fingerprint density at radius 3 is 2.32 bits per heavy atom. The predicted molar refractivity (Wildman–Crippen MR) is 75.0 cm³/mol. The lowest BCUT2D eigenvalue weighted by atomic mass is 9.97. The van der Waals surface area contributed by atoms with Crippen LogP contribution in [0, 0.1) is 5.92 Å². The first-order valence-electron chi connectivity index (χ1n) is 7.37. The number of carbonyl (C=O) groups excluding carboxylic acids is 1. The lowest BCUT2D eigenvalue weighted by Crippen LogP contribution is -2.19. The smallest absolute Gasteiger partial charge is 0.317 e. The molecule has 2 unspecified atom stereocenters. The minimum absolute atomic E-state index is 0.197. The Labute approximate surface area is 116 Å². The number of hydrogen-bond donors (Lipinski definition) is 1. The van der Waals surface area contributed by atoms with Crippen LogP contribution < -0.4 is 0 Å². The maximum absolute atomic E-state index is 11.2. The third-order valence-corrected chi connectivity index (χ3v) is 3.16. The summed E-state index contributed by atoms with van der Waals surface area (Å²) in [5.74, 6) is -1.27. The summed E-state index contributed by atoms with van der Waals surface area (Å²) in [6.45, 7) is 6.18. The highest BCUT2D eigenvalue weighted by molar-refractivity contribution is 5.90. The maximum Gasteiger partial charge on any atom is 0.317 e. The van der Waals surface area contributed by atoms with E-state index < -0.39 is 18.4 Å². The molecular formula is C15H28O4. The lowest BCUT2D eigenvalue weighted by Gasteiger charge is -2.17. The largest absolute Gasteiger partial charge is 0.481 e. The van der Waals surface area contributed by atoms with Crippen molar-refractivity contribution in [3.05, 3.63) is 0 Å². The number of hydrogen-bond acceptors (Lipinski definition) is 3. The van der Waals surface area contributed by atoms with Gasteiger partial charge in [-0.1, -0.05) is 52.4 Å². The van der Waals surface area contributed by atoms with Crippen LogP contribution >= 0.6 is 0 Å². The molecular weight excluding hydrogens is 244 g/mol. The van der Waals surface area contributed by atoms with E-state index in [1.807, 2.05) is 6.92 Å². The van der Waals surface area contributed by atoms with Crippen molar-refractivity contribution < 1.29 is 19.4 Å². The fraction of sp³-hybridized carbons (Fsp3) is 0.867. The number of rotatable bonds is 11. The molecule has 0 bridgehead atoms. The topological polar surface area (TPSA) is 63.6 Å². The first-order valence-corrected chi connectivity index (χ1v) is 7.37. The minimum Gasteiger partial charge on any atom is -0.481 e. The van der Waals surface area contributed by atoms with Crippen LogP contribution in [0.1, 0.15) is 72.1 Å². The Morgan fingerprint density at radius 2 is 1.74 bits per heavy atom. The first kappa shape index (κ1) is 17.9. The molecule has 0 aliphatic carbocycles. The van der Waals surface area contributed by atoms with Crippen LogP contribution in [0.15, 0.2) is 0 Å². The van der Waals surface area contributed by atoms with Gasteiger partial charge in [0.05, 0.1) is 6.10 Å². The standard InChI is InChI=1S/C15H28O4/c1-4-5-6-7-8-9-12(2)10-13(3)19-15(18)11-14(16)17/h12-13H,4-11H2,1-3H3,(H,16,17). The fourth-order valence-corrected chi connectivity index (χ4v) is 2.22. The molecule has 1 N–H and O–H groups in total. The Bertz CT molecular complexity index is 263. The van der Waals surface area contributed by atoms with Crippen LogP contribution in [0.4, 0.5) is 0 Å². The summed E-state index contributed by atoms with van der Waals surface area (Å²) < 4.78 is 5.06. The third-order valence-electron chi connectivity index (χ3n) is 3.16. The quantitative estimate of drug-likeness (QED) is 0.353. The zero-order valence-corrected chi connectivity index (χ0v) is 12.5. The van der Waals surface area contributed by atoms with E-state index in [1.165, 1.54) is 32.1 Å². The molecule has 0 amide bonds. The number of unbranched alkanes of at least 4 members (excludes halogenated alkanes) is 4. The van der Waals surface area contributed by atoms with E-state index in [0.717, 1.165) is 12.8 Å². The second kappa shape index (κ2) is 10.8. The average Bonchev–Trinajstić information content (AvgIpc) is 2.26. The van der Waals surface area contributed by atoms with E-state index in [1.54, 1.807) is 0 Å². The summed E-state index contributed by atoms with van der Waals surface area (Å²) in [5.41, 5.74) is 0. The van der Waals surface area contributed by atoms with Crippen LogP contribution in [0.5, 0.6) is 0 Å². The van der Waals surface area contributed by atoms with Gasteiger partial charge in [0.1, 0.15) is 6.42 Å². The molecule has 2 atom stereocenters. The van der Waals surface area contributed by atoms with Gasteiger partial charge in [0, 0.05) is 0 Å². The van der Waals surface area contributed by atoms with Gasteiger partial charge in [-0.25, -0.2) is 0 Å². The molecule has 0 saturated carbocycles. The highest BCUT2D eigenvalue weighted by Crippen LogP contribution is 2.17. The van der Waals surface area contributed by atoms with Crippen LogP contribution in [0.25, 0.3) is 0 Å². The molecule has 0 radical (unpaired) electrons. The Morgan fingerprint density at radius 1 is 1.11 bits per heavy atom. The van der Waals surface area contributed by atoms with Crippen molar-refractivity contribution in [2.45, 2.75) is 78.2 Å². The van der Waals surface area contributed by atoms with E-state index in [4.69, 9.17) is 9.84 Å². The van der Waals surface area contributed by atoms with Gasteiger partial charge < -0.3 is 9.84 Å². The molecule has 19 heavy (non-hydrogen) atoms. The van der Waals surface area contributed by atoms with Crippen molar-refractivity contribution in [3.8, 4) is 0 Å². The van der Waals surface area contributed by atoms with Gasteiger partial charge in [-0.2, -0.15) is 0 Å². The van der Waals surface area contributed by atoms with E-state index in [0.29, 0.717) is 5.92 Å². The summed E-state index contributed by atoms with van der Waals surface area (Å²) in [5, 5.41) is 8.46. The maximum atomic E-state index is 11.2. The molecule has 0 spiro atoms. The molecule has 0 aliphatic rings. The molecule has 112 valence electrons. The lowest BCUT2D eigenvalue weighted by molar-refractivity contribution is -0.155. The summed E-state index contributed by atoms with van der Waals surface area (Å²) in [6.07, 6.45) is 7.55. The van der Waals surface area contributed by atoms with Gasteiger partial charge in [0.25, 0.3) is 0 Å². The zero-order valence-electron chi connectivity index (χ0n) is 12.5. The number of carboxylic acids is 1. The second-order valence-electron chi connectivity index (χ2n) is 5.41. The highest BCUT2D eigenvalue weighted by Gasteiger charge is 2.15. The minimum atomic E-state index is -1.14. The van der Waals surface area contributed by atoms with Gasteiger partial charge in [-0.05, 0) is 19.3 Å². The van der Waals surface area contributed by atoms with E-state index in [9.17, 15) is 9.59 Å². The predicted octanol–water partition coefficient (Wildman–Crippen LogP) is 3.78.